The van der Waals surface area contributed by atoms with Crippen molar-refractivity contribution in [3.05, 3.63) is 82.9 Å². The number of aromatic amines is 2. The average molecular weight is 456 g/mol. The van der Waals surface area contributed by atoms with Crippen molar-refractivity contribution in [2.24, 2.45) is 0 Å². The fraction of sp³-hybridized carbons (Fsp3) is 0.200. The lowest BCUT2D eigenvalue weighted by Crippen LogP contribution is -2.42. The summed E-state index contributed by atoms with van der Waals surface area (Å²) in [7, 11) is 0. The Bertz CT molecular complexity index is 1580. The number of pyridine rings is 2. The lowest BCUT2D eigenvalue weighted by Gasteiger charge is -2.33. The number of amides is 1. The first kappa shape index (κ1) is 20.3. The predicted octanol–water partition coefficient (Wildman–Crippen LogP) is 3.88. The van der Waals surface area contributed by atoms with Crippen LogP contribution in [0.25, 0.3) is 33.3 Å². The van der Waals surface area contributed by atoms with Gasteiger partial charge in [0.05, 0.1) is 34.5 Å². The highest BCUT2D eigenvalue weighted by Crippen LogP contribution is 2.28. The van der Waals surface area contributed by atoms with Crippen molar-refractivity contribution in [2.45, 2.75) is 18.9 Å². The minimum atomic E-state index is -0.334. The Morgan fingerprint density at radius 2 is 2.03 bits per heavy atom. The molecule has 1 aliphatic rings. The third-order valence-electron chi connectivity index (χ3n) is 6.44. The van der Waals surface area contributed by atoms with Crippen molar-refractivity contribution in [3.8, 4) is 11.3 Å². The fourth-order valence-corrected chi connectivity index (χ4v) is 4.84. The number of nitrogens with zero attached hydrogens (tertiary/aromatic N) is 4. The number of nitrogens with one attached hydrogen (secondary N) is 2. The van der Waals surface area contributed by atoms with Gasteiger partial charge in [0.25, 0.3) is 5.91 Å². The molecule has 1 atom stereocenters. The fourth-order valence-electron chi connectivity index (χ4n) is 4.84. The van der Waals surface area contributed by atoms with Crippen LogP contribution in [0.3, 0.4) is 0 Å². The van der Waals surface area contributed by atoms with Crippen molar-refractivity contribution in [1.82, 2.24) is 29.4 Å². The Hall–Kier alpha value is -4.27. The van der Waals surface area contributed by atoms with Crippen LogP contribution in [-0.4, -0.2) is 48.4 Å². The summed E-state index contributed by atoms with van der Waals surface area (Å²) in [4.78, 5) is 42.6. The van der Waals surface area contributed by atoms with Crippen molar-refractivity contribution in [3.63, 3.8) is 0 Å². The second kappa shape index (κ2) is 7.95. The average Bonchev–Trinajstić information content (AvgIpc) is 3.47. The quantitative estimate of drug-likeness (QED) is 0.430. The molecule has 0 aliphatic carbocycles. The molecule has 1 fully saturated rings. The van der Waals surface area contributed by atoms with Gasteiger partial charge in [0.15, 0.2) is 0 Å². The minimum Gasteiger partial charge on any atom is -0.346 e. The molecular weight excluding hydrogens is 435 g/mol. The van der Waals surface area contributed by atoms with Gasteiger partial charge in [0, 0.05) is 36.4 Å². The third kappa shape index (κ3) is 3.37. The first-order chi connectivity index (χ1) is 16.6. The zero-order valence-electron chi connectivity index (χ0n) is 18.2. The van der Waals surface area contributed by atoms with Crippen LogP contribution in [0.5, 0.6) is 0 Å². The molecule has 5 aromatic rings. The van der Waals surface area contributed by atoms with Gasteiger partial charge in [0.1, 0.15) is 11.5 Å². The van der Waals surface area contributed by atoms with Gasteiger partial charge in [-0.15, -0.1) is 0 Å². The first-order valence-corrected chi connectivity index (χ1v) is 11.2. The maximum atomic E-state index is 13.5. The van der Waals surface area contributed by atoms with E-state index < -0.39 is 0 Å². The smallest absolute Gasteiger partial charge is 0.326 e. The van der Waals surface area contributed by atoms with Gasteiger partial charge >= 0.3 is 5.69 Å². The van der Waals surface area contributed by atoms with Crippen molar-refractivity contribution < 1.29 is 9.18 Å². The summed E-state index contributed by atoms with van der Waals surface area (Å²) in [5, 5.41) is 0.872. The van der Waals surface area contributed by atoms with E-state index in [4.69, 9.17) is 0 Å². The highest BCUT2D eigenvalue weighted by Gasteiger charge is 2.28. The normalized spacial score (nSPS) is 16.4. The Kier molecular flexibility index (Phi) is 4.75. The number of hydrogen-bond acceptors (Lipinski definition) is 4. The van der Waals surface area contributed by atoms with Crippen molar-refractivity contribution in [1.29, 1.82) is 0 Å². The number of halogens is 1. The molecule has 34 heavy (non-hydrogen) atoms. The van der Waals surface area contributed by atoms with E-state index >= 15 is 0 Å². The van der Waals surface area contributed by atoms with Crippen molar-refractivity contribution >= 4 is 28.0 Å². The number of carbonyl (C=O) groups excluding carboxylic acids is 1. The molecule has 2 N–H and O–H groups in total. The first-order valence-electron chi connectivity index (χ1n) is 11.2. The molecule has 1 aliphatic heterocycles. The van der Waals surface area contributed by atoms with E-state index in [2.05, 4.69) is 19.9 Å². The topological polar surface area (TPSA) is 99.7 Å². The summed E-state index contributed by atoms with van der Waals surface area (Å²) in [5.41, 5.74) is 3.71. The molecule has 6 rings (SSSR count). The second-order valence-electron chi connectivity index (χ2n) is 8.55. The number of H-pyrrole nitrogens is 2. The van der Waals surface area contributed by atoms with Crippen LogP contribution < -0.4 is 5.69 Å². The molecule has 8 nitrogen and oxygen atoms in total. The number of hydrogen-bond donors (Lipinski definition) is 2. The molecule has 4 aromatic heterocycles. The zero-order valence-corrected chi connectivity index (χ0v) is 18.2. The molecule has 0 spiro atoms. The molecule has 0 radical (unpaired) electrons. The highest BCUT2D eigenvalue weighted by atomic mass is 19.1. The largest absolute Gasteiger partial charge is 0.346 e. The van der Waals surface area contributed by atoms with Crippen molar-refractivity contribution in [2.75, 3.05) is 13.1 Å². The Morgan fingerprint density at radius 1 is 1.12 bits per heavy atom. The number of aromatic nitrogens is 5. The zero-order chi connectivity index (χ0) is 23.2. The van der Waals surface area contributed by atoms with E-state index in [0.29, 0.717) is 41.1 Å². The van der Waals surface area contributed by atoms with E-state index in [1.807, 2.05) is 6.07 Å². The van der Waals surface area contributed by atoms with E-state index in [1.165, 1.54) is 18.3 Å². The summed E-state index contributed by atoms with van der Waals surface area (Å²) in [5.74, 6) is -0.469. The molecule has 0 saturated carbocycles. The molecule has 1 amide bonds. The van der Waals surface area contributed by atoms with E-state index in [9.17, 15) is 14.0 Å². The van der Waals surface area contributed by atoms with E-state index in [-0.39, 0.29) is 23.5 Å². The van der Waals surface area contributed by atoms with Gasteiger partial charge in [-0.1, -0.05) is 12.1 Å². The number of carbonyl (C=O) groups is 1. The van der Waals surface area contributed by atoms with Gasteiger partial charge < -0.3 is 14.9 Å². The molecule has 0 bridgehead atoms. The monoisotopic (exact) mass is 456 g/mol. The SMILES string of the molecule is O=C(c1ccc(-c2cccc(F)c2)nc1)N1CCC[C@@H](n2c(=O)[nH]c3cnc4[nH]ccc4c32)C1. The van der Waals surface area contributed by atoms with E-state index in [1.54, 1.807) is 46.1 Å². The Morgan fingerprint density at radius 3 is 2.85 bits per heavy atom. The molecular formula is C25H21FN6O2. The number of benzene rings is 1. The summed E-state index contributed by atoms with van der Waals surface area (Å²) in [6.45, 7) is 1.03. The summed E-state index contributed by atoms with van der Waals surface area (Å²) >= 11 is 0. The van der Waals surface area contributed by atoms with Crippen LogP contribution in [0.4, 0.5) is 4.39 Å². The standard InChI is InChI=1S/C25H21FN6O2/c26-17-4-1-3-15(11-17)20-7-6-16(12-28-20)24(33)31-10-2-5-18(14-31)32-22-19-8-9-27-23(19)29-13-21(22)30-25(32)34/h1,3-4,6-9,11-13,18H,2,5,10,14H2,(H,27,29)(H,30,34)/t18-/m1/s1. The number of imidazole rings is 1. The molecule has 170 valence electrons. The van der Waals surface area contributed by atoms with Crippen LogP contribution in [0.1, 0.15) is 29.2 Å². The molecule has 9 heteroatoms. The summed E-state index contributed by atoms with van der Waals surface area (Å²) < 4.78 is 15.3. The molecule has 0 unspecified atom stereocenters. The van der Waals surface area contributed by atoms with Crippen LogP contribution >= 0.6 is 0 Å². The number of rotatable bonds is 3. The maximum Gasteiger partial charge on any atom is 0.326 e. The van der Waals surface area contributed by atoms with Gasteiger partial charge in [-0.3, -0.25) is 14.3 Å². The van der Waals surface area contributed by atoms with Gasteiger partial charge in [-0.25, -0.2) is 14.2 Å². The van der Waals surface area contributed by atoms with Gasteiger partial charge in [-0.2, -0.15) is 0 Å². The second-order valence-corrected chi connectivity index (χ2v) is 8.55. The van der Waals surface area contributed by atoms with Gasteiger partial charge in [0.2, 0.25) is 0 Å². The van der Waals surface area contributed by atoms with Crippen LogP contribution in [0.15, 0.2) is 65.8 Å². The number of fused-ring (bicyclic) bond motifs is 3. The Balaban J connectivity index is 1.28. The highest BCUT2D eigenvalue weighted by molar-refractivity contribution is 6.01. The third-order valence-corrected chi connectivity index (χ3v) is 6.44. The van der Waals surface area contributed by atoms with Gasteiger partial charge in [-0.05, 0) is 43.2 Å². The maximum absolute atomic E-state index is 13.5. The lowest BCUT2D eigenvalue weighted by molar-refractivity contribution is 0.0679. The number of likely N-dealkylation sites (tertiary alicyclic amines) is 1. The van der Waals surface area contributed by atoms with Crippen LogP contribution in [0, 0.1) is 5.82 Å². The predicted molar refractivity (Wildman–Crippen MR) is 126 cm³/mol. The molecule has 1 aromatic carbocycles. The number of piperidine rings is 1. The van der Waals surface area contributed by atoms with Crippen LogP contribution in [-0.2, 0) is 0 Å². The summed E-state index contributed by atoms with van der Waals surface area (Å²) in [6, 6.07) is 11.4. The minimum absolute atomic E-state index is 0.135. The Labute approximate surface area is 193 Å². The van der Waals surface area contributed by atoms with Crippen LogP contribution in [0.2, 0.25) is 0 Å². The summed E-state index contributed by atoms with van der Waals surface area (Å²) in [6.07, 6.45) is 6.56. The molecule has 5 heterocycles. The molecule has 1 saturated heterocycles. The van der Waals surface area contributed by atoms with E-state index in [0.717, 1.165) is 23.7 Å². The lowest BCUT2D eigenvalue weighted by atomic mass is 10.0.